The highest BCUT2D eigenvalue weighted by molar-refractivity contribution is 6.35. The number of rotatable bonds is 8. The summed E-state index contributed by atoms with van der Waals surface area (Å²) in [6.07, 6.45) is 7.85. The number of ether oxygens (including phenoxy) is 5. The second-order valence-electron chi connectivity index (χ2n) is 22.5. The van der Waals surface area contributed by atoms with Gasteiger partial charge in [0.05, 0.1) is 66.7 Å². The molecular weight excluding hydrogens is 1360 g/mol. The van der Waals surface area contributed by atoms with Gasteiger partial charge in [-0.25, -0.2) is 57.4 Å². The standard InChI is InChI=1S/C22H23F2N7O2.C18H15ClF2N6O.C10H10Cl2N4O.C5H2Cl2N4.C5H10O2/c23-18(24)21-26-15-3-1-2-4-16(15)31(21)20-17-19(27-22(28-20)29-7-11-33-12-8-29)30(13-25-17)14-5-9-32-10-6-14;19-18-24-15-13(22-9-26(15)10-5-7-28-8-6-10)16(25-18)27-12-4-2-1-3-11(12)23-17(27)14(20)21;11-8-7-9(15-10(12)14-8)16(5-13-7)6-1-3-17-4-2-6;6-3-2-4(9-1-8-2)11-5(7)10-3;6-5-1-3-7-4-2-5/h1-4,13-14,18H,5-12H2;1-4,9-10,14H,5-8H2;5-6H,1-4H2;1H,(H,8,9,10,11);5-6H,1-4H2. The summed E-state index contributed by atoms with van der Waals surface area (Å²) >= 11 is 29.2. The lowest BCUT2D eigenvalue weighted by molar-refractivity contribution is 0.0140. The van der Waals surface area contributed by atoms with Crippen LogP contribution in [0.25, 0.3) is 78.4 Å². The molecule has 17 rings (SSSR count). The number of aliphatic hydroxyl groups is 1. The van der Waals surface area contributed by atoms with Gasteiger partial charge >= 0.3 is 0 Å². The van der Waals surface area contributed by atoms with Crippen LogP contribution in [0.15, 0.2) is 73.8 Å². The van der Waals surface area contributed by atoms with Gasteiger partial charge < -0.3 is 52.4 Å². The van der Waals surface area contributed by atoms with E-state index in [0.717, 1.165) is 77.8 Å². The van der Waals surface area contributed by atoms with E-state index in [4.69, 9.17) is 96.8 Å². The number of H-pyrrole nitrogens is 1. The molecule has 5 aliphatic rings. The fourth-order valence-electron chi connectivity index (χ4n) is 11.8. The van der Waals surface area contributed by atoms with Crippen LogP contribution in [-0.2, 0) is 23.7 Å². The number of nitrogens with one attached hydrogen (secondary N) is 1. The number of alkyl halides is 4. The van der Waals surface area contributed by atoms with Crippen molar-refractivity contribution in [1.29, 1.82) is 0 Å². The van der Waals surface area contributed by atoms with E-state index in [1.807, 2.05) is 18.6 Å². The van der Waals surface area contributed by atoms with Gasteiger partial charge in [0.15, 0.2) is 67.2 Å². The average Bonchev–Trinajstić information content (AvgIpc) is 1.58. The molecule has 96 heavy (non-hydrogen) atoms. The Bertz CT molecular complexity index is 4640. The molecule has 2 N–H and O–H groups in total. The van der Waals surface area contributed by atoms with E-state index in [0.29, 0.717) is 142 Å². The van der Waals surface area contributed by atoms with Crippen LogP contribution < -0.4 is 4.90 Å². The van der Waals surface area contributed by atoms with Crippen molar-refractivity contribution in [3.63, 3.8) is 0 Å². The van der Waals surface area contributed by atoms with E-state index < -0.39 is 18.7 Å². The first kappa shape index (κ1) is 66.9. The van der Waals surface area contributed by atoms with Gasteiger partial charge in [-0.2, -0.15) is 29.9 Å². The molecule has 504 valence electrons. The maximum Gasteiger partial charge on any atom is 0.296 e. The highest BCUT2D eigenvalue weighted by atomic mass is 35.5. The molecule has 27 nitrogen and oxygen atoms in total. The Morgan fingerprint density at radius 1 is 0.448 bits per heavy atom. The van der Waals surface area contributed by atoms with E-state index in [-0.39, 0.29) is 50.8 Å². The quantitative estimate of drug-likeness (QED) is 0.0811. The zero-order valence-electron chi connectivity index (χ0n) is 50.9. The van der Waals surface area contributed by atoms with Crippen molar-refractivity contribution in [1.82, 2.24) is 97.6 Å². The molecule has 0 amide bonds. The fraction of sp³-hybridized carbons (Fsp3) is 0.433. The second-order valence-corrected chi connectivity index (χ2v) is 24.2. The van der Waals surface area contributed by atoms with E-state index in [2.05, 4.69) is 64.8 Å². The van der Waals surface area contributed by atoms with Crippen LogP contribution in [0, 0.1) is 0 Å². The lowest BCUT2D eigenvalue weighted by Gasteiger charge is -2.28. The zero-order valence-corrected chi connectivity index (χ0v) is 54.6. The Morgan fingerprint density at radius 3 is 1.35 bits per heavy atom. The molecule has 0 radical (unpaired) electrons. The first-order valence-electron chi connectivity index (χ1n) is 30.8. The Balaban J connectivity index is 0.000000118. The number of halogens is 9. The molecule has 36 heteroatoms. The van der Waals surface area contributed by atoms with Crippen LogP contribution in [-0.4, -0.2) is 188 Å². The molecule has 15 heterocycles. The van der Waals surface area contributed by atoms with Gasteiger partial charge in [0.25, 0.3) is 12.9 Å². The monoisotopic (exact) mass is 1420 g/mol. The number of nitrogens with zero attached hydrogens (tertiary/aromatic N) is 20. The molecule has 0 atom stereocenters. The summed E-state index contributed by atoms with van der Waals surface area (Å²) in [6, 6.07) is 14.7. The largest absolute Gasteiger partial charge is 0.393 e. The molecule has 5 fully saturated rings. The van der Waals surface area contributed by atoms with Gasteiger partial charge in [0, 0.05) is 84.1 Å². The summed E-state index contributed by atoms with van der Waals surface area (Å²) in [6.45, 7) is 8.01. The van der Waals surface area contributed by atoms with Crippen LogP contribution in [0.2, 0.25) is 26.2 Å². The predicted molar refractivity (Wildman–Crippen MR) is 348 cm³/mol. The fourth-order valence-corrected chi connectivity index (χ4v) is 12.8. The van der Waals surface area contributed by atoms with Crippen molar-refractivity contribution in [3.8, 4) is 11.6 Å². The summed E-state index contributed by atoms with van der Waals surface area (Å²) in [5.41, 5.74) is 6.41. The number of benzene rings is 2. The lowest BCUT2D eigenvalue weighted by Crippen LogP contribution is -2.37. The highest BCUT2D eigenvalue weighted by Crippen LogP contribution is 2.36. The smallest absolute Gasteiger partial charge is 0.296 e. The molecule has 0 aliphatic carbocycles. The van der Waals surface area contributed by atoms with Crippen molar-refractivity contribution in [3.05, 3.63) is 112 Å². The van der Waals surface area contributed by atoms with Gasteiger partial charge in [-0.05, 0) is 110 Å². The molecular formula is C60H60Cl5F4N21O6. The number of morpholine rings is 1. The number of hydrogen-bond acceptors (Lipinski definition) is 21. The van der Waals surface area contributed by atoms with E-state index in [9.17, 15) is 17.6 Å². The van der Waals surface area contributed by atoms with Crippen LogP contribution in [0.1, 0.15) is 94.0 Å². The average molecular weight is 1420 g/mol. The molecule has 0 unspecified atom stereocenters. The Hall–Kier alpha value is -7.69. The topological polar surface area (TPSA) is 291 Å². The van der Waals surface area contributed by atoms with Crippen LogP contribution in [0.5, 0.6) is 0 Å². The van der Waals surface area contributed by atoms with Crippen molar-refractivity contribution < 1.29 is 46.4 Å². The molecule has 5 aliphatic heterocycles. The number of imidazole rings is 6. The third kappa shape index (κ3) is 14.6. The Kier molecular flexibility index (Phi) is 21.2. The van der Waals surface area contributed by atoms with E-state index >= 15 is 0 Å². The Labute approximate surface area is 567 Å². The number of anilines is 1. The van der Waals surface area contributed by atoms with E-state index in [1.54, 1.807) is 67.5 Å². The summed E-state index contributed by atoms with van der Waals surface area (Å²) in [7, 11) is 0. The van der Waals surface area contributed by atoms with Crippen molar-refractivity contribution in [2.45, 2.75) is 88.4 Å². The van der Waals surface area contributed by atoms with Gasteiger partial charge in [-0.1, -0.05) is 47.5 Å². The number of aliphatic hydroxyl groups excluding tert-OH is 1. The van der Waals surface area contributed by atoms with Gasteiger partial charge in [0.2, 0.25) is 21.8 Å². The summed E-state index contributed by atoms with van der Waals surface area (Å²) in [4.78, 5) is 64.1. The number of hydrogen-bond donors (Lipinski definition) is 2. The van der Waals surface area contributed by atoms with Crippen molar-refractivity contribution >= 4 is 131 Å². The molecule has 2 aromatic carbocycles. The van der Waals surface area contributed by atoms with Crippen LogP contribution in [0.3, 0.4) is 0 Å². The van der Waals surface area contributed by atoms with Crippen LogP contribution >= 0.6 is 58.0 Å². The third-order valence-corrected chi connectivity index (χ3v) is 17.6. The molecule has 10 aromatic heterocycles. The molecule has 12 aromatic rings. The SMILES string of the molecule is Clc1nc(Cl)c2[nH]cnc2n1.Clc1nc(Cl)c2ncn(C3CCOCC3)c2n1.FC(F)c1nc2ccccc2n1-c1nc(Cl)nc2c1ncn2C1CCOCC1.FC(F)c1nc2ccccc2n1-c1nc(N2CCOCC2)nc2c1ncn2C1CCOCC1.OC1CCOCC1. The minimum atomic E-state index is -2.78. The van der Waals surface area contributed by atoms with Gasteiger partial charge in [0.1, 0.15) is 11.0 Å². The van der Waals surface area contributed by atoms with Gasteiger partial charge in [-0.15, -0.1) is 0 Å². The maximum atomic E-state index is 14.1. The van der Waals surface area contributed by atoms with Crippen LogP contribution in [0.4, 0.5) is 23.5 Å². The van der Waals surface area contributed by atoms with Crippen molar-refractivity contribution in [2.75, 3.05) is 84.1 Å². The molecule has 0 spiro atoms. The number of para-hydroxylation sites is 4. The lowest BCUT2D eigenvalue weighted by atomic mass is 10.1. The first-order valence-corrected chi connectivity index (χ1v) is 32.7. The molecule has 0 saturated carbocycles. The minimum absolute atomic E-state index is 0.0330. The highest BCUT2D eigenvalue weighted by Gasteiger charge is 2.30. The zero-order chi connectivity index (χ0) is 66.4. The molecule has 5 saturated heterocycles. The summed E-state index contributed by atoms with van der Waals surface area (Å²) < 4.78 is 91.2. The van der Waals surface area contributed by atoms with Gasteiger partial charge in [-0.3, -0.25) is 9.13 Å². The van der Waals surface area contributed by atoms with Crippen molar-refractivity contribution in [2.24, 2.45) is 0 Å². The minimum Gasteiger partial charge on any atom is -0.393 e. The Morgan fingerprint density at radius 2 is 0.865 bits per heavy atom. The number of aromatic nitrogens is 20. The second kappa shape index (κ2) is 30.4. The summed E-state index contributed by atoms with van der Waals surface area (Å²) in [5.74, 6) is 0.233. The first-order chi connectivity index (χ1) is 46.8. The number of fused-ring (bicyclic) bond motifs is 6. The number of aromatic amines is 1. The molecule has 0 bridgehead atoms. The summed E-state index contributed by atoms with van der Waals surface area (Å²) in [5, 5.41) is 9.64. The van der Waals surface area contributed by atoms with E-state index in [1.165, 1.54) is 15.5 Å². The maximum absolute atomic E-state index is 14.1. The third-order valence-electron chi connectivity index (χ3n) is 16.6. The normalized spacial score (nSPS) is 17.1. The predicted octanol–water partition coefficient (Wildman–Crippen LogP) is 11.7.